The van der Waals surface area contributed by atoms with Gasteiger partial charge in [-0.1, -0.05) is 12.1 Å². The van der Waals surface area contributed by atoms with E-state index in [2.05, 4.69) is 15.6 Å². The van der Waals surface area contributed by atoms with E-state index in [1.54, 1.807) is 24.5 Å². The third-order valence-corrected chi connectivity index (χ3v) is 4.17. The molecule has 128 valence electrons. The molecule has 1 aliphatic rings. The summed E-state index contributed by atoms with van der Waals surface area (Å²) in [5, 5.41) is 5.80. The highest BCUT2D eigenvalue weighted by Gasteiger charge is 2.22. The van der Waals surface area contributed by atoms with Gasteiger partial charge in [-0.05, 0) is 24.1 Å². The number of nitrogens with zero attached hydrogens (tertiary/aromatic N) is 2. The van der Waals surface area contributed by atoms with Gasteiger partial charge in [0.25, 0.3) is 0 Å². The van der Waals surface area contributed by atoms with E-state index in [1.165, 1.54) is 12.1 Å². The number of ether oxygens (including phenoxy) is 1. The molecule has 2 heterocycles. The Morgan fingerprint density at radius 1 is 1.46 bits per heavy atom. The molecule has 2 atom stereocenters. The molecule has 2 amide bonds. The minimum Gasteiger partial charge on any atom is -0.381 e. The van der Waals surface area contributed by atoms with Crippen molar-refractivity contribution in [2.45, 2.75) is 12.5 Å². The minimum atomic E-state index is -0.453. The van der Waals surface area contributed by atoms with E-state index in [-0.39, 0.29) is 11.8 Å². The van der Waals surface area contributed by atoms with Gasteiger partial charge in [0.05, 0.1) is 6.61 Å². The summed E-state index contributed by atoms with van der Waals surface area (Å²) in [6, 6.07) is 5.32. The van der Waals surface area contributed by atoms with E-state index in [1.807, 2.05) is 11.6 Å². The number of aryl methyl sites for hydroxylation is 1. The topological polar surface area (TPSA) is 68.2 Å². The largest absolute Gasteiger partial charge is 0.381 e. The second kappa shape index (κ2) is 7.44. The van der Waals surface area contributed by atoms with Gasteiger partial charge in [-0.2, -0.15) is 0 Å². The molecule has 1 aliphatic heterocycles. The number of urea groups is 1. The van der Waals surface area contributed by atoms with E-state index >= 15 is 0 Å². The molecule has 24 heavy (non-hydrogen) atoms. The van der Waals surface area contributed by atoms with E-state index in [0.717, 1.165) is 18.6 Å². The number of halogens is 1. The van der Waals surface area contributed by atoms with E-state index in [0.29, 0.717) is 24.9 Å². The molecular weight excluding hydrogens is 311 g/mol. The molecule has 1 fully saturated rings. The molecule has 2 N–H and O–H groups in total. The lowest BCUT2D eigenvalue weighted by Gasteiger charge is -2.20. The molecule has 3 rings (SSSR count). The number of rotatable bonds is 5. The van der Waals surface area contributed by atoms with Gasteiger partial charge < -0.3 is 19.9 Å². The lowest BCUT2D eigenvalue weighted by molar-refractivity contribution is 0.185. The minimum absolute atomic E-state index is 0.278. The van der Waals surface area contributed by atoms with Crippen molar-refractivity contribution in [1.29, 1.82) is 0 Å². The number of amides is 2. The van der Waals surface area contributed by atoms with Crippen LogP contribution in [-0.2, 0) is 11.8 Å². The van der Waals surface area contributed by atoms with Crippen molar-refractivity contribution in [2.24, 2.45) is 13.0 Å². The zero-order valence-corrected chi connectivity index (χ0v) is 13.5. The number of nitrogens with one attached hydrogen (secondary N) is 2. The van der Waals surface area contributed by atoms with Gasteiger partial charge in [-0.3, -0.25) is 0 Å². The van der Waals surface area contributed by atoms with Gasteiger partial charge in [0.2, 0.25) is 0 Å². The van der Waals surface area contributed by atoms with Crippen LogP contribution in [-0.4, -0.2) is 35.3 Å². The molecular formula is C17H21FN4O2. The number of carbonyl (C=O) groups is 1. The fraction of sp³-hybridized carbons (Fsp3) is 0.412. The summed E-state index contributed by atoms with van der Waals surface area (Å²) in [4.78, 5) is 16.6. The average molecular weight is 332 g/mol. The smallest absolute Gasteiger partial charge is 0.315 e. The van der Waals surface area contributed by atoms with E-state index < -0.39 is 6.04 Å². The first-order chi connectivity index (χ1) is 11.6. The van der Waals surface area contributed by atoms with Crippen LogP contribution in [0.4, 0.5) is 9.18 Å². The Hall–Kier alpha value is -2.41. The van der Waals surface area contributed by atoms with Gasteiger partial charge >= 0.3 is 6.03 Å². The number of hydrogen-bond donors (Lipinski definition) is 2. The number of benzene rings is 1. The molecule has 1 aromatic heterocycles. The number of imidazole rings is 1. The van der Waals surface area contributed by atoms with Crippen LogP contribution in [0.15, 0.2) is 36.7 Å². The van der Waals surface area contributed by atoms with Crippen molar-refractivity contribution >= 4 is 6.03 Å². The normalized spacial score (nSPS) is 18.3. The SMILES string of the molecule is Cn1ccnc1[C@H](NC(=O)NC[C@@H]1CCOC1)c1ccc(F)cc1. The molecule has 1 saturated heterocycles. The van der Waals surface area contributed by atoms with Crippen molar-refractivity contribution in [3.05, 3.63) is 53.9 Å². The number of carbonyl (C=O) groups excluding carboxylic acids is 1. The number of aromatic nitrogens is 2. The lowest BCUT2D eigenvalue weighted by Crippen LogP contribution is -2.41. The van der Waals surface area contributed by atoms with Gasteiger partial charge in [0, 0.05) is 38.5 Å². The van der Waals surface area contributed by atoms with Crippen LogP contribution in [0.1, 0.15) is 23.9 Å². The second-order valence-corrected chi connectivity index (χ2v) is 5.96. The van der Waals surface area contributed by atoms with Crippen LogP contribution in [0.25, 0.3) is 0 Å². The maximum atomic E-state index is 13.2. The van der Waals surface area contributed by atoms with Crippen LogP contribution in [0.2, 0.25) is 0 Å². The highest BCUT2D eigenvalue weighted by Crippen LogP contribution is 2.20. The van der Waals surface area contributed by atoms with E-state index in [9.17, 15) is 9.18 Å². The fourth-order valence-corrected chi connectivity index (χ4v) is 2.77. The molecule has 0 saturated carbocycles. The van der Waals surface area contributed by atoms with E-state index in [4.69, 9.17) is 4.74 Å². The molecule has 1 aromatic carbocycles. The first kappa shape index (κ1) is 16.4. The highest BCUT2D eigenvalue weighted by molar-refractivity contribution is 5.74. The predicted octanol–water partition coefficient (Wildman–Crippen LogP) is 1.98. The van der Waals surface area contributed by atoms with Crippen LogP contribution in [0, 0.1) is 11.7 Å². The molecule has 7 heteroatoms. The average Bonchev–Trinajstić information content (AvgIpc) is 3.23. The molecule has 0 radical (unpaired) electrons. The summed E-state index contributed by atoms with van der Waals surface area (Å²) in [6.07, 6.45) is 4.43. The molecule has 0 bridgehead atoms. The molecule has 0 aliphatic carbocycles. The summed E-state index contributed by atoms with van der Waals surface area (Å²) in [6.45, 7) is 2.00. The zero-order valence-electron chi connectivity index (χ0n) is 13.5. The summed E-state index contributed by atoms with van der Waals surface area (Å²) in [7, 11) is 1.86. The zero-order chi connectivity index (χ0) is 16.9. The van der Waals surface area contributed by atoms with Crippen LogP contribution in [0.3, 0.4) is 0 Å². The summed E-state index contributed by atoms with van der Waals surface area (Å²) < 4.78 is 20.3. The first-order valence-electron chi connectivity index (χ1n) is 7.98. The second-order valence-electron chi connectivity index (χ2n) is 5.96. The van der Waals surface area contributed by atoms with Gasteiger partial charge in [0.15, 0.2) is 0 Å². The summed E-state index contributed by atoms with van der Waals surface area (Å²) >= 11 is 0. The Balaban J connectivity index is 1.71. The van der Waals surface area contributed by atoms with Crippen molar-refractivity contribution < 1.29 is 13.9 Å². The quantitative estimate of drug-likeness (QED) is 0.880. The van der Waals surface area contributed by atoms with Crippen LogP contribution < -0.4 is 10.6 Å². The third kappa shape index (κ3) is 3.91. The summed E-state index contributed by atoms with van der Waals surface area (Å²) in [5.74, 6) is 0.720. The Morgan fingerprint density at radius 2 is 2.25 bits per heavy atom. The lowest BCUT2D eigenvalue weighted by atomic mass is 10.1. The standard InChI is InChI=1S/C17H21FN4O2/c1-22-8-7-19-16(22)15(13-2-4-14(18)5-3-13)21-17(23)20-10-12-6-9-24-11-12/h2-5,7-8,12,15H,6,9-11H2,1H3,(H2,20,21,23)/t12-,15+/m0/s1. The first-order valence-corrected chi connectivity index (χ1v) is 7.98. The molecule has 6 nitrogen and oxygen atoms in total. The Kier molecular flexibility index (Phi) is 5.10. The van der Waals surface area contributed by atoms with Gasteiger partial charge in [-0.15, -0.1) is 0 Å². The van der Waals surface area contributed by atoms with Gasteiger partial charge in [0.1, 0.15) is 17.7 Å². The Bertz CT molecular complexity index is 680. The molecule has 2 aromatic rings. The summed E-state index contributed by atoms with van der Waals surface area (Å²) in [5.41, 5.74) is 0.769. The van der Waals surface area contributed by atoms with Gasteiger partial charge in [-0.25, -0.2) is 14.2 Å². The van der Waals surface area contributed by atoms with Crippen molar-refractivity contribution in [1.82, 2.24) is 20.2 Å². The monoisotopic (exact) mass is 332 g/mol. The molecule has 0 spiro atoms. The van der Waals surface area contributed by atoms with Crippen molar-refractivity contribution in [3.63, 3.8) is 0 Å². The maximum absolute atomic E-state index is 13.2. The van der Waals surface area contributed by atoms with Crippen molar-refractivity contribution in [2.75, 3.05) is 19.8 Å². The fourth-order valence-electron chi connectivity index (χ4n) is 2.77. The predicted molar refractivity (Wildman–Crippen MR) is 86.9 cm³/mol. The Labute approximate surface area is 140 Å². The maximum Gasteiger partial charge on any atom is 0.315 e. The van der Waals surface area contributed by atoms with Crippen molar-refractivity contribution in [3.8, 4) is 0 Å². The highest BCUT2D eigenvalue weighted by atomic mass is 19.1. The Morgan fingerprint density at radius 3 is 2.88 bits per heavy atom. The van der Waals surface area contributed by atoms with Crippen LogP contribution in [0.5, 0.6) is 0 Å². The molecule has 0 unspecified atom stereocenters. The number of hydrogen-bond acceptors (Lipinski definition) is 3. The third-order valence-electron chi connectivity index (χ3n) is 4.17. The van der Waals surface area contributed by atoms with Crippen LogP contribution >= 0.6 is 0 Å².